The molecule has 5 N–H and O–H groups in total. The number of nitrogens with zero attached hydrogens (tertiary/aromatic N) is 3. The second kappa shape index (κ2) is 5.14. The maximum Gasteiger partial charge on any atom is 0.356 e. The Kier molecular flexibility index (Phi) is 3.56. The summed E-state index contributed by atoms with van der Waals surface area (Å²) in [5.41, 5.74) is 6.17. The van der Waals surface area contributed by atoms with Crippen LogP contribution in [0.1, 0.15) is 20.3 Å². The number of aromatic nitrogens is 2. The molecule has 104 valence electrons. The molecule has 1 aliphatic rings. The number of fused-ring (bicyclic) bond motifs is 1. The summed E-state index contributed by atoms with van der Waals surface area (Å²) in [5, 5.41) is 11.6. The Morgan fingerprint density at radius 1 is 1.63 bits per heavy atom. The first-order valence-corrected chi connectivity index (χ1v) is 5.84. The Balaban J connectivity index is 2.40. The SMILES string of the molecule is CCOC(=O)/C(N)=C1\CC(C)Nc2nonc2N1N. The van der Waals surface area contributed by atoms with Crippen molar-refractivity contribution in [3.8, 4) is 0 Å². The van der Waals surface area contributed by atoms with Gasteiger partial charge in [-0.25, -0.2) is 15.3 Å². The fourth-order valence-corrected chi connectivity index (χ4v) is 1.80. The van der Waals surface area contributed by atoms with Crippen molar-refractivity contribution < 1.29 is 14.2 Å². The number of hydrogen-bond acceptors (Lipinski definition) is 9. The fraction of sp³-hybridized carbons (Fsp3) is 0.500. The topological polar surface area (TPSA) is 133 Å². The Morgan fingerprint density at radius 3 is 3.05 bits per heavy atom. The zero-order valence-electron chi connectivity index (χ0n) is 10.7. The van der Waals surface area contributed by atoms with Gasteiger partial charge in [0.1, 0.15) is 5.70 Å². The molecule has 9 heteroatoms. The van der Waals surface area contributed by atoms with E-state index in [1.807, 2.05) is 6.92 Å². The van der Waals surface area contributed by atoms with E-state index in [0.717, 1.165) is 0 Å². The quantitative estimate of drug-likeness (QED) is 0.375. The van der Waals surface area contributed by atoms with Gasteiger partial charge in [0.2, 0.25) is 11.6 Å². The summed E-state index contributed by atoms with van der Waals surface area (Å²) >= 11 is 0. The molecule has 0 spiro atoms. The predicted molar refractivity (Wildman–Crippen MR) is 66.5 cm³/mol. The minimum atomic E-state index is -0.611. The molecule has 0 fully saturated rings. The van der Waals surface area contributed by atoms with Crippen LogP contribution < -0.4 is 21.9 Å². The first-order valence-electron chi connectivity index (χ1n) is 5.84. The fourth-order valence-electron chi connectivity index (χ4n) is 1.80. The van der Waals surface area contributed by atoms with Crippen molar-refractivity contribution in [2.75, 3.05) is 16.9 Å². The van der Waals surface area contributed by atoms with Gasteiger partial charge in [0, 0.05) is 12.5 Å². The lowest BCUT2D eigenvalue weighted by Crippen LogP contribution is -2.35. The van der Waals surface area contributed by atoms with Crippen LogP contribution >= 0.6 is 0 Å². The summed E-state index contributed by atoms with van der Waals surface area (Å²) in [6.45, 7) is 3.84. The first kappa shape index (κ1) is 13.1. The molecule has 1 aliphatic heterocycles. The zero-order valence-corrected chi connectivity index (χ0v) is 10.7. The number of carbonyl (C=O) groups is 1. The highest BCUT2D eigenvalue weighted by Gasteiger charge is 2.29. The highest BCUT2D eigenvalue weighted by Crippen LogP contribution is 2.29. The van der Waals surface area contributed by atoms with Crippen molar-refractivity contribution in [3.05, 3.63) is 11.4 Å². The monoisotopic (exact) mass is 268 g/mol. The van der Waals surface area contributed by atoms with Gasteiger partial charge in [0.05, 0.1) is 12.3 Å². The lowest BCUT2D eigenvalue weighted by atomic mass is 10.1. The number of nitrogens with one attached hydrogen (secondary N) is 1. The van der Waals surface area contributed by atoms with E-state index < -0.39 is 5.97 Å². The number of rotatable bonds is 2. The Morgan fingerprint density at radius 2 is 2.37 bits per heavy atom. The highest BCUT2D eigenvalue weighted by atomic mass is 16.6. The van der Waals surface area contributed by atoms with Crippen LogP contribution in [0.25, 0.3) is 0 Å². The average molecular weight is 268 g/mol. The Bertz CT molecular complexity index is 511. The van der Waals surface area contributed by atoms with E-state index in [0.29, 0.717) is 17.9 Å². The van der Waals surface area contributed by atoms with Crippen LogP contribution in [0.15, 0.2) is 16.0 Å². The van der Waals surface area contributed by atoms with Crippen LogP contribution in [0.3, 0.4) is 0 Å². The lowest BCUT2D eigenvalue weighted by molar-refractivity contribution is -0.138. The number of nitrogens with two attached hydrogens (primary N) is 2. The largest absolute Gasteiger partial charge is 0.461 e. The van der Waals surface area contributed by atoms with Gasteiger partial charge in [-0.1, -0.05) is 0 Å². The summed E-state index contributed by atoms with van der Waals surface area (Å²) in [7, 11) is 0. The molecule has 2 rings (SSSR count). The molecule has 19 heavy (non-hydrogen) atoms. The van der Waals surface area contributed by atoms with Crippen LogP contribution in [-0.4, -0.2) is 28.9 Å². The van der Waals surface area contributed by atoms with Crippen molar-refractivity contribution in [1.29, 1.82) is 0 Å². The first-order chi connectivity index (χ1) is 9.04. The van der Waals surface area contributed by atoms with Gasteiger partial charge in [-0.3, -0.25) is 5.01 Å². The third kappa shape index (κ3) is 2.45. The van der Waals surface area contributed by atoms with Crippen LogP contribution in [0.5, 0.6) is 0 Å². The highest BCUT2D eigenvalue weighted by molar-refractivity contribution is 5.89. The minimum Gasteiger partial charge on any atom is -0.461 e. The molecule has 0 saturated heterocycles. The van der Waals surface area contributed by atoms with Crippen LogP contribution in [0.4, 0.5) is 11.6 Å². The lowest BCUT2D eigenvalue weighted by Gasteiger charge is -2.19. The van der Waals surface area contributed by atoms with E-state index in [1.54, 1.807) is 6.92 Å². The summed E-state index contributed by atoms with van der Waals surface area (Å²) in [5.74, 6) is 5.98. The van der Waals surface area contributed by atoms with E-state index in [2.05, 4.69) is 20.3 Å². The molecule has 9 nitrogen and oxygen atoms in total. The van der Waals surface area contributed by atoms with E-state index in [1.165, 1.54) is 5.01 Å². The van der Waals surface area contributed by atoms with Crippen molar-refractivity contribution in [2.45, 2.75) is 26.3 Å². The normalized spacial score (nSPS) is 21.2. The van der Waals surface area contributed by atoms with Gasteiger partial charge in [-0.15, -0.1) is 0 Å². The maximum atomic E-state index is 11.7. The van der Waals surface area contributed by atoms with Crippen molar-refractivity contribution >= 4 is 17.6 Å². The van der Waals surface area contributed by atoms with E-state index in [4.69, 9.17) is 16.3 Å². The van der Waals surface area contributed by atoms with Gasteiger partial charge < -0.3 is 15.8 Å². The van der Waals surface area contributed by atoms with Crippen molar-refractivity contribution in [1.82, 2.24) is 10.3 Å². The molecule has 0 bridgehead atoms. The number of hydrogen-bond donors (Lipinski definition) is 3. The van der Waals surface area contributed by atoms with Gasteiger partial charge in [-0.05, 0) is 24.2 Å². The molecule has 1 aromatic heterocycles. The molecule has 2 heterocycles. The molecule has 1 atom stereocenters. The number of hydrazine groups is 1. The molecular weight excluding hydrogens is 252 g/mol. The third-order valence-electron chi connectivity index (χ3n) is 2.68. The van der Waals surface area contributed by atoms with E-state index in [-0.39, 0.29) is 24.2 Å². The van der Waals surface area contributed by atoms with Crippen LogP contribution in [0, 0.1) is 0 Å². The van der Waals surface area contributed by atoms with Gasteiger partial charge in [0.25, 0.3) is 0 Å². The Labute approximate surface area is 109 Å². The Hall–Kier alpha value is -2.29. The minimum absolute atomic E-state index is 0.0397. The molecule has 1 unspecified atom stereocenters. The summed E-state index contributed by atoms with van der Waals surface area (Å²) in [6.07, 6.45) is 0.430. The van der Waals surface area contributed by atoms with Crippen molar-refractivity contribution in [2.24, 2.45) is 11.6 Å². The molecule has 0 amide bonds. The zero-order chi connectivity index (χ0) is 14.0. The second-order valence-corrected chi connectivity index (χ2v) is 4.14. The third-order valence-corrected chi connectivity index (χ3v) is 2.68. The molecular formula is C10H16N6O3. The van der Waals surface area contributed by atoms with Crippen molar-refractivity contribution in [3.63, 3.8) is 0 Å². The van der Waals surface area contributed by atoms with Gasteiger partial charge in [-0.2, -0.15) is 0 Å². The summed E-state index contributed by atoms with van der Waals surface area (Å²) in [4.78, 5) is 11.7. The number of esters is 1. The number of carbonyl (C=O) groups excluding carboxylic acids is 1. The van der Waals surface area contributed by atoms with Gasteiger partial charge in [0.15, 0.2) is 0 Å². The molecule has 0 radical (unpaired) electrons. The molecule has 0 aliphatic carbocycles. The van der Waals surface area contributed by atoms with E-state index >= 15 is 0 Å². The van der Waals surface area contributed by atoms with Crippen LogP contribution in [-0.2, 0) is 9.53 Å². The number of ether oxygens (including phenoxy) is 1. The van der Waals surface area contributed by atoms with Gasteiger partial charge >= 0.3 is 5.97 Å². The second-order valence-electron chi connectivity index (χ2n) is 4.14. The summed E-state index contributed by atoms with van der Waals surface area (Å²) in [6, 6.07) is -0.0397. The maximum absolute atomic E-state index is 11.7. The predicted octanol–water partition coefficient (Wildman–Crippen LogP) is -0.313. The molecule has 0 saturated carbocycles. The average Bonchev–Trinajstić information content (AvgIpc) is 2.78. The molecule has 0 aromatic carbocycles. The smallest absolute Gasteiger partial charge is 0.356 e. The van der Waals surface area contributed by atoms with E-state index in [9.17, 15) is 4.79 Å². The molecule has 1 aromatic rings. The number of anilines is 2. The van der Waals surface area contributed by atoms with Crippen LogP contribution in [0.2, 0.25) is 0 Å². The standard InChI is InChI=1S/C10H16N6O3/c1-3-18-10(17)7(11)6-4-5(2)13-8-9(16(6)12)15-19-14-8/h5H,3-4,11-12H2,1-2H3,(H,13,14)/b7-6-. The summed E-state index contributed by atoms with van der Waals surface area (Å²) < 4.78 is 9.48.